The zero-order chi connectivity index (χ0) is 29.0. The number of hydrogen-bond acceptors (Lipinski definition) is 6. The van der Waals surface area contributed by atoms with Gasteiger partial charge in [0, 0.05) is 31.4 Å². The molecule has 9 nitrogen and oxygen atoms in total. The Balaban J connectivity index is 1.41. The van der Waals surface area contributed by atoms with Gasteiger partial charge in [0.05, 0.1) is 11.1 Å². The molecule has 2 fully saturated rings. The second kappa shape index (κ2) is 9.83. The molecule has 1 amide bonds. The number of halogens is 3. The van der Waals surface area contributed by atoms with Crippen molar-refractivity contribution < 1.29 is 32.6 Å². The third kappa shape index (κ3) is 5.22. The van der Waals surface area contributed by atoms with Gasteiger partial charge in [0.15, 0.2) is 17.3 Å². The van der Waals surface area contributed by atoms with E-state index >= 15 is 4.39 Å². The van der Waals surface area contributed by atoms with Crippen LogP contribution in [0.4, 0.5) is 23.8 Å². The maximum absolute atomic E-state index is 15.3. The Labute approximate surface area is 227 Å². The first kappa shape index (κ1) is 27.5. The number of carboxylic acid groups (broad SMARTS) is 1. The minimum absolute atomic E-state index is 0.000370. The lowest BCUT2D eigenvalue weighted by Crippen LogP contribution is -2.55. The summed E-state index contributed by atoms with van der Waals surface area (Å²) in [4.78, 5) is 42.7. The van der Waals surface area contributed by atoms with Gasteiger partial charge in [-0.1, -0.05) is 0 Å². The first-order chi connectivity index (χ1) is 18.7. The van der Waals surface area contributed by atoms with E-state index in [1.165, 1.54) is 0 Å². The summed E-state index contributed by atoms with van der Waals surface area (Å²) >= 11 is 0. The van der Waals surface area contributed by atoms with E-state index < -0.39 is 46.1 Å². The lowest BCUT2D eigenvalue weighted by Gasteiger charge is -2.52. The highest BCUT2D eigenvalue weighted by Crippen LogP contribution is 2.49. The molecule has 2 aliphatic rings. The fraction of sp³-hybridized carbons (Fsp3) is 0.429. The number of fused-ring (bicyclic) bond motifs is 1. The number of anilines is 1. The number of carboxylic acids is 1. The number of aromatic nitrogens is 2. The van der Waals surface area contributed by atoms with Gasteiger partial charge >= 0.3 is 12.1 Å². The summed E-state index contributed by atoms with van der Waals surface area (Å²) in [5, 5.41) is 12.1. The summed E-state index contributed by atoms with van der Waals surface area (Å²) in [6.45, 7) is 6.30. The predicted molar refractivity (Wildman–Crippen MR) is 140 cm³/mol. The summed E-state index contributed by atoms with van der Waals surface area (Å²) in [7, 11) is 0. The van der Waals surface area contributed by atoms with Crippen molar-refractivity contribution in [1.29, 1.82) is 0 Å². The third-order valence-corrected chi connectivity index (χ3v) is 7.52. The fourth-order valence-electron chi connectivity index (χ4n) is 5.61. The van der Waals surface area contributed by atoms with E-state index in [4.69, 9.17) is 4.74 Å². The number of amides is 1. The van der Waals surface area contributed by atoms with Crippen LogP contribution in [0.5, 0.6) is 0 Å². The van der Waals surface area contributed by atoms with Crippen molar-refractivity contribution in [2.24, 2.45) is 5.41 Å². The number of nitrogens with zero attached hydrogens (tertiary/aromatic N) is 3. The Hall–Kier alpha value is -4.09. The van der Waals surface area contributed by atoms with E-state index in [0.717, 1.165) is 54.6 Å². The summed E-state index contributed by atoms with van der Waals surface area (Å²) in [5.41, 5.74) is -2.65. The molecular weight excluding hydrogens is 529 g/mol. The van der Waals surface area contributed by atoms with Gasteiger partial charge in [-0.15, -0.1) is 0 Å². The average Bonchev–Trinajstić information content (AvgIpc) is 2.83. The van der Waals surface area contributed by atoms with E-state index in [2.05, 4.69) is 10.3 Å². The Bertz CT molecular complexity index is 1570. The SMILES string of the molecule is CC(C)(C)OC(=O)NC1CC2(CCN(c3nc4c(cc3F)c(=O)c(C(=O)O)cn4-c3ccc(F)cc3F)CC2)C1. The van der Waals surface area contributed by atoms with Crippen LogP contribution >= 0.6 is 0 Å². The molecule has 3 heterocycles. The van der Waals surface area contributed by atoms with Crippen LogP contribution < -0.4 is 15.6 Å². The van der Waals surface area contributed by atoms with E-state index in [1.807, 2.05) is 0 Å². The van der Waals surface area contributed by atoms with Crippen LogP contribution in [-0.4, -0.2) is 51.5 Å². The number of nitrogens with one attached hydrogen (secondary N) is 1. The van der Waals surface area contributed by atoms with E-state index in [1.54, 1.807) is 25.7 Å². The van der Waals surface area contributed by atoms with Crippen LogP contribution in [0.15, 0.2) is 35.3 Å². The van der Waals surface area contributed by atoms with Gasteiger partial charge in [0.1, 0.15) is 22.8 Å². The van der Waals surface area contributed by atoms with E-state index in [9.17, 15) is 28.3 Å². The van der Waals surface area contributed by atoms with Crippen LogP contribution in [0.1, 0.15) is 56.8 Å². The minimum atomic E-state index is -1.58. The number of hydrogen-bond donors (Lipinski definition) is 2. The van der Waals surface area contributed by atoms with Gasteiger partial charge in [0.25, 0.3) is 0 Å². The summed E-state index contributed by atoms with van der Waals surface area (Å²) < 4.78 is 50.0. The lowest BCUT2D eigenvalue weighted by atomic mass is 9.60. The molecule has 1 aromatic carbocycles. The van der Waals surface area contributed by atoms with Crippen molar-refractivity contribution in [2.45, 2.75) is 58.1 Å². The molecule has 3 aromatic rings. The standard InChI is InChI=1S/C28H29F3N4O5/c1-27(2,3)40-26(39)32-16-12-28(13-16)6-8-34(9-7-28)24-20(31)11-17-22(36)18(25(37)38)14-35(23(17)33-24)21-5-4-15(29)10-19(21)30/h4-5,10-11,14,16H,6-9,12-13H2,1-3H3,(H,32,39)(H,37,38). The molecule has 40 heavy (non-hydrogen) atoms. The number of alkyl carbamates (subject to hydrolysis) is 1. The smallest absolute Gasteiger partial charge is 0.407 e. The molecule has 1 aliphatic heterocycles. The third-order valence-electron chi connectivity index (χ3n) is 7.52. The van der Waals surface area contributed by atoms with Gasteiger partial charge in [-0.05, 0) is 70.1 Å². The Morgan fingerprint density at radius 3 is 2.38 bits per heavy atom. The van der Waals surface area contributed by atoms with Crippen molar-refractivity contribution in [3.05, 3.63) is 63.7 Å². The van der Waals surface area contributed by atoms with Crippen molar-refractivity contribution in [2.75, 3.05) is 18.0 Å². The van der Waals surface area contributed by atoms with Crippen LogP contribution in [-0.2, 0) is 4.74 Å². The van der Waals surface area contributed by atoms with E-state index in [0.29, 0.717) is 19.2 Å². The largest absolute Gasteiger partial charge is 0.477 e. The summed E-state index contributed by atoms with van der Waals surface area (Å²) in [6.07, 6.45) is 3.44. The number of benzene rings is 1. The number of pyridine rings is 2. The molecule has 2 N–H and O–H groups in total. The molecule has 2 aromatic heterocycles. The van der Waals surface area contributed by atoms with Gasteiger partial charge in [-0.3, -0.25) is 9.36 Å². The quantitative estimate of drug-likeness (QED) is 0.474. The van der Waals surface area contributed by atoms with Crippen molar-refractivity contribution >= 4 is 28.9 Å². The van der Waals surface area contributed by atoms with Gasteiger partial charge in [-0.25, -0.2) is 27.7 Å². The number of ether oxygens (including phenoxy) is 1. The molecule has 0 radical (unpaired) electrons. The number of carbonyl (C=O) groups excluding carboxylic acids is 1. The van der Waals surface area contributed by atoms with Gasteiger partial charge in [0.2, 0.25) is 5.43 Å². The monoisotopic (exact) mass is 558 g/mol. The number of rotatable bonds is 4. The van der Waals surface area contributed by atoms with Crippen LogP contribution in [0.25, 0.3) is 16.7 Å². The van der Waals surface area contributed by atoms with Crippen LogP contribution in [0, 0.1) is 22.9 Å². The normalized spacial score (nSPS) is 17.1. The number of carbonyl (C=O) groups is 2. The maximum atomic E-state index is 15.3. The number of piperidine rings is 1. The first-order valence-electron chi connectivity index (χ1n) is 12.9. The molecule has 1 spiro atoms. The van der Waals surface area contributed by atoms with Crippen LogP contribution in [0.2, 0.25) is 0 Å². The van der Waals surface area contributed by atoms with Gasteiger partial charge < -0.3 is 20.1 Å². The Kier molecular flexibility index (Phi) is 6.75. The molecule has 1 aliphatic carbocycles. The molecular formula is C28H29F3N4O5. The highest BCUT2D eigenvalue weighted by molar-refractivity contribution is 5.92. The zero-order valence-corrected chi connectivity index (χ0v) is 22.3. The van der Waals surface area contributed by atoms with Crippen molar-refractivity contribution in [1.82, 2.24) is 14.9 Å². The molecule has 0 bridgehead atoms. The fourth-order valence-corrected chi connectivity index (χ4v) is 5.61. The van der Waals surface area contributed by atoms with Crippen molar-refractivity contribution in [3.8, 4) is 5.69 Å². The minimum Gasteiger partial charge on any atom is -0.477 e. The zero-order valence-electron chi connectivity index (χ0n) is 22.3. The average molecular weight is 559 g/mol. The molecule has 0 atom stereocenters. The number of aromatic carboxylic acids is 1. The summed E-state index contributed by atoms with van der Waals surface area (Å²) in [5.74, 6) is -4.29. The Morgan fingerprint density at radius 1 is 1.10 bits per heavy atom. The maximum Gasteiger partial charge on any atom is 0.407 e. The van der Waals surface area contributed by atoms with Crippen molar-refractivity contribution in [3.63, 3.8) is 0 Å². The second-order valence-corrected chi connectivity index (χ2v) is 11.5. The molecule has 12 heteroatoms. The lowest BCUT2D eigenvalue weighted by molar-refractivity contribution is 0.0233. The highest BCUT2D eigenvalue weighted by Gasteiger charge is 2.47. The second-order valence-electron chi connectivity index (χ2n) is 11.5. The summed E-state index contributed by atoms with van der Waals surface area (Å²) in [6, 6.07) is 3.62. The molecule has 0 unspecified atom stereocenters. The van der Waals surface area contributed by atoms with E-state index in [-0.39, 0.29) is 34.0 Å². The predicted octanol–water partition coefficient (Wildman–Crippen LogP) is 4.77. The van der Waals surface area contributed by atoms with Crippen LogP contribution in [0.3, 0.4) is 0 Å². The molecule has 212 valence electrons. The molecule has 5 rings (SSSR count). The first-order valence-corrected chi connectivity index (χ1v) is 12.9. The van der Waals surface area contributed by atoms with Gasteiger partial charge in [-0.2, -0.15) is 0 Å². The highest BCUT2D eigenvalue weighted by atomic mass is 19.1. The molecule has 1 saturated carbocycles. The molecule has 1 saturated heterocycles. The Morgan fingerprint density at radius 2 is 1.77 bits per heavy atom. The topological polar surface area (TPSA) is 114 Å².